The number of hydrogen-bond acceptors (Lipinski definition) is 4. The molecule has 1 aromatic carbocycles. The van der Waals surface area contributed by atoms with E-state index in [1.165, 1.54) is 11.8 Å². The number of carboxylic acids is 1. The van der Waals surface area contributed by atoms with Crippen molar-refractivity contribution in [2.75, 3.05) is 12.8 Å². The lowest BCUT2D eigenvalue weighted by Gasteiger charge is -2.28. The minimum Gasteiger partial charge on any atom is -0.480 e. The van der Waals surface area contributed by atoms with Gasteiger partial charge in [-0.2, -0.15) is 0 Å². The number of carbonyl (C=O) groups is 2. The van der Waals surface area contributed by atoms with Crippen LogP contribution in [0.5, 0.6) is 0 Å². The number of hydrogen-bond donors (Lipinski definition) is 2. The molecule has 1 rings (SSSR count). The highest BCUT2D eigenvalue weighted by atomic mass is 32.2. The summed E-state index contributed by atoms with van der Waals surface area (Å²) in [7, 11) is 1.74. The third-order valence-corrected chi connectivity index (χ3v) is 4.66. The van der Waals surface area contributed by atoms with E-state index in [4.69, 9.17) is 10.8 Å². The van der Waals surface area contributed by atoms with Crippen LogP contribution in [-0.4, -0.2) is 45.5 Å². The first-order chi connectivity index (χ1) is 9.74. The summed E-state index contributed by atoms with van der Waals surface area (Å²) in [4.78, 5) is 24.7. The lowest BCUT2D eigenvalue weighted by Crippen LogP contribution is -2.47. The standard InChI is InChI=1S/C15H22N2O3S/c1-15(2,13(16)14(19)20)21-10-12(18)17(3)9-11-7-5-4-6-8-11/h4-8,13H,9-10,16H2,1-3H3,(H,19,20)/t13-/m0/s1. The van der Waals surface area contributed by atoms with Crippen LogP contribution in [0.4, 0.5) is 0 Å². The summed E-state index contributed by atoms with van der Waals surface area (Å²) in [6, 6.07) is 8.70. The van der Waals surface area contributed by atoms with Crippen molar-refractivity contribution in [3.63, 3.8) is 0 Å². The average molecular weight is 310 g/mol. The summed E-state index contributed by atoms with van der Waals surface area (Å²) >= 11 is 1.27. The van der Waals surface area contributed by atoms with Crippen LogP contribution in [0.1, 0.15) is 19.4 Å². The fourth-order valence-corrected chi connectivity index (χ4v) is 2.69. The lowest BCUT2D eigenvalue weighted by atomic mass is 10.1. The SMILES string of the molecule is CN(Cc1ccccc1)C(=O)CSC(C)(C)[C@@H](N)C(=O)O. The maximum atomic E-state index is 12.1. The zero-order chi connectivity index (χ0) is 16.0. The Labute approximate surface area is 129 Å². The predicted octanol–water partition coefficient (Wildman–Crippen LogP) is 1.57. The van der Waals surface area contributed by atoms with Crippen LogP contribution < -0.4 is 5.73 Å². The molecule has 21 heavy (non-hydrogen) atoms. The molecule has 1 amide bonds. The summed E-state index contributed by atoms with van der Waals surface area (Å²) in [6.45, 7) is 4.01. The molecular weight excluding hydrogens is 288 g/mol. The highest BCUT2D eigenvalue weighted by Crippen LogP contribution is 2.27. The van der Waals surface area contributed by atoms with Gasteiger partial charge in [0.2, 0.25) is 5.91 Å². The van der Waals surface area contributed by atoms with Gasteiger partial charge in [-0.3, -0.25) is 9.59 Å². The Balaban J connectivity index is 2.51. The molecule has 0 aliphatic heterocycles. The van der Waals surface area contributed by atoms with Gasteiger partial charge in [0.1, 0.15) is 6.04 Å². The lowest BCUT2D eigenvalue weighted by molar-refractivity contribution is -0.139. The van der Waals surface area contributed by atoms with E-state index in [-0.39, 0.29) is 11.7 Å². The highest BCUT2D eigenvalue weighted by molar-refractivity contribution is 8.01. The topological polar surface area (TPSA) is 83.6 Å². The Hall–Kier alpha value is -1.53. The Bertz CT molecular complexity index is 491. The van der Waals surface area contributed by atoms with Gasteiger partial charge in [-0.1, -0.05) is 30.3 Å². The summed E-state index contributed by atoms with van der Waals surface area (Å²) < 4.78 is -0.699. The number of aliphatic carboxylic acids is 1. The molecule has 0 saturated heterocycles. The fraction of sp³-hybridized carbons (Fsp3) is 0.467. The summed E-state index contributed by atoms with van der Waals surface area (Å²) in [5.74, 6) is -0.899. The molecule has 0 radical (unpaired) electrons. The van der Waals surface area contributed by atoms with Crippen LogP contribution >= 0.6 is 11.8 Å². The van der Waals surface area contributed by atoms with Crippen molar-refractivity contribution in [3.05, 3.63) is 35.9 Å². The van der Waals surface area contributed by atoms with Gasteiger partial charge >= 0.3 is 5.97 Å². The summed E-state index contributed by atoms with van der Waals surface area (Å²) in [5, 5.41) is 8.95. The van der Waals surface area contributed by atoms with E-state index in [0.29, 0.717) is 6.54 Å². The molecule has 0 fully saturated rings. The molecule has 0 saturated carbocycles. The number of nitrogens with zero attached hydrogens (tertiary/aromatic N) is 1. The molecule has 0 bridgehead atoms. The molecule has 0 unspecified atom stereocenters. The third-order valence-electron chi connectivity index (χ3n) is 3.27. The van der Waals surface area contributed by atoms with Crippen molar-refractivity contribution in [3.8, 4) is 0 Å². The van der Waals surface area contributed by atoms with Gasteiger partial charge in [0, 0.05) is 18.3 Å². The number of thioether (sulfide) groups is 1. The largest absolute Gasteiger partial charge is 0.480 e. The van der Waals surface area contributed by atoms with Crippen LogP contribution in [-0.2, 0) is 16.1 Å². The molecule has 0 aliphatic rings. The van der Waals surface area contributed by atoms with E-state index in [9.17, 15) is 9.59 Å². The van der Waals surface area contributed by atoms with Gasteiger partial charge < -0.3 is 15.7 Å². The first-order valence-electron chi connectivity index (χ1n) is 6.64. The normalized spacial score (nSPS) is 12.8. The molecule has 6 heteroatoms. The molecule has 1 aromatic rings. The van der Waals surface area contributed by atoms with Crippen LogP contribution in [0.3, 0.4) is 0 Å². The Morgan fingerprint density at radius 1 is 1.33 bits per heavy atom. The molecule has 0 heterocycles. The number of carboxylic acid groups (broad SMARTS) is 1. The van der Waals surface area contributed by atoms with Crippen molar-refractivity contribution in [1.29, 1.82) is 0 Å². The van der Waals surface area contributed by atoms with Crippen LogP contribution in [0.15, 0.2) is 30.3 Å². The molecule has 0 aliphatic carbocycles. The molecule has 0 aromatic heterocycles. The Morgan fingerprint density at radius 2 is 1.90 bits per heavy atom. The zero-order valence-corrected chi connectivity index (χ0v) is 13.4. The van der Waals surface area contributed by atoms with Gasteiger partial charge in [-0.15, -0.1) is 11.8 Å². The van der Waals surface area contributed by atoms with Crippen molar-refractivity contribution in [1.82, 2.24) is 4.90 Å². The van der Waals surface area contributed by atoms with E-state index >= 15 is 0 Å². The van der Waals surface area contributed by atoms with Crippen LogP contribution in [0.2, 0.25) is 0 Å². The fourth-order valence-electron chi connectivity index (χ4n) is 1.69. The number of rotatable bonds is 7. The second-order valence-electron chi connectivity index (χ2n) is 5.44. The van der Waals surface area contributed by atoms with Gasteiger partial charge in [0.25, 0.3) is 0 Å². The predicted molar refractivity (Wildman–Crippen MR) is 85.1 cm³/mol. The molecule has 5 nitrogen and oxygen atoms in total. The Morgan fingerprint density at radius 3 is 2.43 bits per heavy atom. The van der Waals surface area contributed by atoms with Crippen molar-refractivity contribution in [2.24, 2.45) is 5.73 Å². The van der Waals surface area contributed by atoms with Crippen molar-refractivity contribution in [2.45, 2.75) is 31.2 Å². The molecule has 3 N–H and O–H groups in total. The number of nitrogens with two attached hydrogens (primary N) is 1. The molecule has 0 spiro atoms. The van der Waals surface area contributed by atoms with E-state index in [1.807, 2.05) is 30.3 Å². The van der Waals surface area contributed by atoms with E-state index < -0.39 is 16.8 Å². The first kappa shape index (κ1) is 17.5. The van der Waals surface area contributed by atoms with Gasteiger partial charge in [0.15, 0.2) is 0 Å². The average Bonchev–Trinajstić information content (AvgIpc) is 2.44. The van der Waals surface area contributed by atoms with Gasteiger partial charge in [0.05, 0.1) is 5.75 Å². The third kappa shape index (κ3) is 5.40. The van der Waals surface area contributed by atoms with Crippen LogP contribution in [0, 0.1) is 0 Å². The monoisotopic (exact) mass is 310 g/mol. The van der Waals surface area contributed by atoms with Crippen LogP contribution in [0.25, 0.3) is 0 Å². The van der Waals surface area contributed by atoms with E-state index in [1.54, 1.807) is 25.8 Å². The number of benzene rings is 1. The van der Waals surface area contributed by atoms with E-state index in [2.05, 4.69) is 0 Å². The maximum Gasteiger partial charge on any atom is 0.321 e. The highest BCUT2D eigenvalue weighted by Gasteiger charge is 2.33. The quantitative estimate of drug-likeness (QED) is 0.798. The van der Waals surface area contributed by atoms with Crippen molar-refractivity contribution >= 4 is 23.6 Å². The molecule has 1 atom stereocenters. The first-order valence-corrected chi connectivity index (χ1v) is 7.63. The second kappa shape index (κ2) is 7.47. The number of amides is 1. The zero-order valence-electron chi connectivity index (χ0n) is 12.6. The molecule has 116 valence electrons. The van der Waals surface area contributed by atoms with Crippen molar-refractivity contribution < 1.29 is 14.7 Å². The minimum atomic E-state index is -1.06. The van der Waals surface area contributed by atoms with Gasteiger partial charge in [-0.05, 0) is 19.4 Å². The smallest absolute Gasteiger partial charge is 0.321 e. The Kier molecular flexibility index (Phi) is 6.23. The van der Waals surface area contributed by atoms with E-state index in [0.717, 1.165) is 5.56 Å². The second-order valence-corrected chi connectivity index (χ2v) is 7.07. The molecular formula is C15H22N2O3S. The van der Waals surface area contributed by atoms with Gasteiger partial charge in [-0.25, -0.2) is 0 Å². The number of carbonyl (C=O) groups excluding carboxylic acids is 1. The summed E-state index contributed by atoms with van der Waals surface area (Å²) in [5.41, 5.74) is 6.69. The summed E-state index contributed by atoms with van der Waals surface area (Å²) in [6.07, 6.45) is 0. The maximum absolute atomic E-state index is 12.1. The minimum absolute atomic E-state index is 0.0467.